The highest BCUT2D eigenvalue weighted by molar-refractivity contribution is 5.79. The van der Waals surface area contributed by atoms with Gasteiger partial charge in [-0.1, -0.05) is 53.2 Å². The molecule has 9 rings (SSSR count). The predicted octanol–water partition coefficient (Wildman–Crippen LogP) is -1.40. The Kier molecular flexibility index (Phi) is 16.1. The van der Waals surface area contributed by atoms with Gasteiger partial charge in [-0.3, -0.25) is 4.79 Å². The Labute approximate surface area is 437 Å². The quantitative estimate of drug-likeness (QED) is 0.0680. The minimum Gasteiger partial charge on any atom is -0.432 e. The smallest absolute Gasteiger partial charge is 0.315 e. The molecule has 5 aliphatic carbocycles. The minimum atomic E-state index is -1.89. The molecule has 0 spiro atoms. The van der Waals surface area contributed by atoms with Crippen molar-refractivity contribution in [2.45, 2.75) is 242 Å². The first-order chi connectivity index (χ1) is 35.0. The third-order valence-corrected chi connectivity index (χ3v) is 21.4. The molecule has 4 saturated heterocycles. The summed E-state index contributed by atoms with van der Waals surface area (Å²) < 4.78 is 47.7. The normalized spacial score (nSPS) is 55.8. The lowest BCUT2D eigenvalue weighted by Crippen LogP contribution is -2.68. The van der Waals surface area contributed by atoms with Crippen molar-refractivity contribution in [3.63, 3.8) is 0 Å². The molecule has 430 valence electrons. The molecule has 4 aliphatic heterocycles. The van der Waals surface area contributed by atoms with Gasteiger partial charge in [0.05, 0.1) is 43.0 Å². The van der Waals surface area contributed by atoms with E-state index in [9.17, 15) is 66.4 Å². The van der Waals surface area contributed by atoms with Gasteiger partial charge in [0.2, 0.25) is 6.29 Å². The molecule has 29 atom stereocenters. The van der Waals surface area contributed by atoms with E-state index in [1.54, 1.807) is 6.92 Å². The van der Waals surface area contributed by atoms with Crippen molar-refractivity contribution >= 4 is 5.97 Å². The highest BCUT2D eigenvalue weighted by Crippen LogP contribution is 2.76. The van der Waals surface area contributed by atoms with E-state index in [0.29, 0.717) is 38.5 Å². The van der Waals surface area contributed by atoms with Crippen LogP contribution in [0.1, 0.15) is 113 Å². The van der Waals surface area contributed by atoms with E-state index < -0.39 is 170 Å². The van der Waals surface area contributed by atoms with Gasteiger partial charge in [-0.15, -0.1) is 0 Å². The third kappa shape index (κ3) is 9.21. The van der Waals surface area contributed by atoms with Gasteiger partial charge in [0.1, 0.15) is 85.5 Å². The second-order valence-electron chi connectivity index (χ2n) is 25.5. The van der Waals surface area contributed by atoms with Crippen molar-refractivity contribution in [3.8, 4) is 0 Å². The molecule has 0 aromatic rings. The molecule has 0 radical (unpaired) electrons. The number of hydrogen-bond donors (Lipinski definition) is 13. The lowest BCUT2D eigenvalue weighted by molar-refractivity contribution is -0.364. The van der Waals surface area contributed by atoms with Crippen LogP contribution in [0.2, 0.25) is 0 Å². The first kappa shape index (κ1) is 58.1. The molecule has 9 aliphatic rings. The summed E-state index contributed by atoms with van der Waals surface area (Å²) in [6.45, 7) is 15.1. The molecule has 13 N–H and O–H groups in total. The van der Waals surface area contributed by atoms with Crippen molar-refractivity contribution < 1.29 is 109 Å². The van der Waals surface area contributed by atoms with Gasteiger partial charge in [-0.05, 0) is 111 Å². The summed E-state index contributed by atoms with van der Waals surface area (Å²) in [4.78, 5) is 15.1. The number of allylic oxidation sites excluding steroid dienone is 1. The monoisotopic (exact) mass is 1070 g/mol. The van der Waals surface area contributed by atoms with Crippen LogP contribution < -0.4 is 0 Å². The number of hydrogen-bond acceptors (Lipinski definition) is 22. The zero-order valence-electron chi connectivity index (χ0n) is 44.4. The molecule has 0 amide bonds. The molecule has 22 heteroatoms. The van der Waals surface area contributed by atoms with E-state index in [4.69, 9.17) is 37.9 Å². The van der Waals surface area contributed by atoms with Crippen LogP contribution in [-0.2, 0) is 42.7 Å². The van der Waals surface area contributed by atoms with Gasteiger partial charge >= 0.3 is 5.97 Å². The van der Waals surface area contributed by atoms with Gasteiger partial charge in [0.15, 0.2) is 18.9 Å². The van der Waals surface area contributed by atoms with E-state index in [1.165, 1.54) is 6.92 Å². The second-order valence-corrected chi connectivity index (χ2v) is 25.5. The van der Waals surface area contributed by atoms with E-state index in [-0.39, 0.29) is 35.2 Å². The molecule has 22 nitrogen and oxygen atoms in total. The number of carbonyl (C=O) groups is 1. The van der Waals surface area contributed by atoms with E-state index >= 15 is 4.79 Å². The van der Waals surface area contributed by atoms with Gasteiger partial charge in [0, 0.05) is 5.92 Å². The molecule has 0 aromatic heterocycles. The molecule has 0 bridgehead atoms. The predicted molar refractivity (Wildman–Crippen MR) is 257 cm³/mol. The highest BCUT2D eigenvalue weighted by atomic mass is 16.8. The number of fused-ring (bicyclic) bond motifs is 7. The van der Waals surface area contributed by atoms with Crippen LogP contribution in [0, 0.1) is 50.7 Å². The lowest BCUT2D eigenvalue weighted by atomic mass is 9.33. The summed E-state index contributed by atoms with van der Waals surface area (Å²) in [6.07, 6.45) is -21.8. The first-order valence-corrected chi connectivity index (χ1v) is 27.3. The van der Waals surface area contributed by atoms with Crippen LogP contribution in [0.25, 0.3) is 0 Å². The number of aliphatic hydroxyl groups is 13. The van der Waals surface area contributed by atoms with Gasteiger partial charge < -0.3 is 104 Å². The van der Waals surface area contributed by atoms with Crippen LogP contribution in [0.4, 0.5) is 0 Å². The Bertz CT molecular complexity index is 2080. The molecule has 4 heterocycles. The number of carbonyl (C=O) groups excluding carboxylic acids is 1. The Balaban J connectivity index is 0.937. The maximum atomic E-state index is 15.1. The lowest BCUT2D eigenvalue weighted by Gasteiger charge is -2.72. The third-order valence-electron chi connectivity index (χ3n) is 21.4. The summed E-state index contributed by atoms with van der Waals surface area (Å²) in [5.41, 5.74) is -3.14. The Morgan fingerprint density at radius 3 is 1.95 bits per heavy atom. The Morgan fingerprint density at radius 1 is 0.640 bits per heavy atom. The topological polar surface area (TPSA) is 354 Å². The Hall–Kier alpha value is -1.59. The zero-order valence-corrected chi connectivity index (χ0v) is 44.4. The second kappa shape index (κ2) is 20.7. The standard InChI is InChI=1S/C53H86O22/c1-22-11-16-53(47(66)75-45-40(65)37(62)34(59)27(72-45)21-69-43-38(63)36(61)33(58)26(19-54)71-43)18-17-50(6)24(42(53)52(22,8)67)9-10-29-49(5)14-13-30(48(3,4)28(49)12-15-51(29,50)7)73-46-41(32(57)25(55)20-68-46)74-44-39(64)35(60)31(56)23(2)70-44/h9,22-23,25-46,54-65,67H,10-21H2,1-8H3. The van der Waals surface area contributed by atoms with Gasteiger partial charge in [-0.2, -0.15) is 0 Å². The van der Waals surface area contributed by atoms with E-state index in [1.807, 2.05) is 6.92 Å². The number of aliphatic hydroxyl groups excluding tert-OH is 12. The maximum absolute atomic E-state index is 15.1. The fraction of sp³-hybridized carbons (Fsp3) is 0.943. The molecule has 4 saturated carbocycles. The summed E-state index contributed by atoms with van der Waals surface area (Å²) in [5.74, 6) is -1.35. The number of rotatable bonds is 10. The number of ether oxygens (including phenoxy) is 8. The average molecular weight is 1080 g/mol. The van der Waals surface area contributed by atoms with Crippen molar-refractivity contribution in [2.75, 3.05) is 19.8 Å². The molecular weight excluding hydrogens is 989 g/mol. The summed E-state index contributed by atoms with van der Waals surface area (Å²) in [7, 11) is 0. The summed E-state index contributed by atoms with van der Waals surface area (Å²) in [5, 5.41) is 140. The fourth-order valence-electron chi connectivity index (χ4n) is 16.3. The first-order valence-electron chi connectivity index (χ1n) is 27.3. The molecule has 8 fully saturated rings. The number of esters is 1. The van der Waals surface area contributed by atoms with E-state index in [0.717, 1.165) is 24.8 Å². The maximum Gasteiger partial charge on any atom is 0.315 e. The summed E-state index contributed by atoms with van der Waals surface area (Å²) >= 11 is 0. The molecule has 29 unspecified atom stereocenters. The van der Waals surface area contributed by atoms with Crippen molar-refractivity contribution in [1.29, 1.82) is 0 Å². The minimum absolute atomic E-state index is 0.137. The molecular formula is C53H86O22. The van der Waals surface area contributed by atoms with Gasteiger partial charge in [-0.25, -0.2) is 0 Å². The van der Waals surface area contributed by atoms with Gasteiger partial charge in [0.25, 0.3) is 0 Å². The zero-order chi connectivity index (χ0) is 54.9. The molecule has 75 heavy (non-hydrogen) atoms. The van der Waals surface area contributed by atoms with Crippen molar-refractivity contribution in [2.24, 2.45) is 50.7 Å². The van der Waals surface area contributed by atoms with E-state index in [2.05, 4.69) is 40.7 Å². The van der Waals surface area contributed by atoms with Crippen LogP contribution in [-0.4, -0.2) is 221 Å². The highest BCUT2D eigenvalue weighted by Gasteiger charge is 2.72. The average Bonchev–Trinajstić information content (AvgIpc) is 3.36. The summed E-state index contributed by atoms with van der Waals surface area (Å²) in [6, 6.07) is 0. The van der Waals surface area contributed by atoms with Crippen molar-refractivity contribution in [1.82, 2.24) is 0 Å². The Morgan fingerprint density at radius 2 is 1.27 bits per heavy atom. The van der Waals surface area contributed by atoms with Crippen LogP contribution >= 0.6 is 0 Å². The fourth-order valence-corrected chi connectivity index (χ4v) is 16.3. The van der Waals surface area contributed by atoms with Crippen LogP contribution in [0.15, 0.2) is 11.6 Å². The van der Waals surface area contributed by atoms with Crippen molar-refractivity contribution in [3.05, 3.63) is 11.6 Å². The van der Waals surface area contributed by atoms with Crippen LogP contribution in [0.5, 0.6) is 0 Å². The molecule has 0 aromatic carbocycles. The SMILES string of the molecule is CC1OC(OC2C(OC3CCC4(C)C(CCC5(C)C4CC=C4C6C(C(=O)OC7OC(COC8OC(CO)C(O)C(O)C8O)C(O)C(O)C7O)(CCC(C)C6(C)O)CCC45C)C3(C)C)OCC(O)C2O)C(O)C(O)C1O. The van der Waals surface area contributed by atoms with Crippen LogP contribution in [0.3, 0.4) is 0 Å². The largest absolute Gasteiger partial charge is 0.432 e.